The molecule has 25 heavy (non-hydrogen) atoms. The number of hydrazine groups is 1. The number of nitrogens with zero attached hydrogens (tertiary/aromatic N) is 1. The standard InChI is InChI=1S/C21H19N3O/c1-25-22-15-20-18-12-13-21(14-19(18)23-24-20,16-8-4-2-5-9-16)17-10-6-3-7-11-17/h2-15,23-24H,1H3. The average molecular weight is 329 g/mol. The number of hydrogen-bond acceptors (Lipinski definition) is 4. The second-order valence-electron chi connectivity index (χ2n) is 5.99. The predicted molar refractivity (Wildman–Crippen MR) is 99.7 cm³/mol. The quantitative estimate of drug-likeness (QED) is 0.667. The van der Waals surface area contributed by atoms with Crippen molar-refractivity contribution in [2.45, 2.75) is 5.41 Å². The summed E-state index contributed by atoms with van der Waals surface area (Å²) in [7, 11) is 1.54. The summed E-state index contributed by atoms with van der Waals surface area (Å²) in [5, 5.41) is 3.85. The Morgan fingerprint density at radius 3 is 2.16 bits per heavy atom. The first-order valence-corrected chi connectivity index (χ1v) is 8.20. The zero-order valence-electron chi connectivity index (χ0n) is 13.9. The highest BCUT2D eigenvalue weighted by Crippen LogP contribution is 2.41. The molecule has 0 aromatic heterocycles. The van der Waals surface area contributed by atoms with Gasteiger partial charge in [-0.25, -0.2) is 0 Å². The molecule has 0 fully saturated rings. The van der Waals surface area contributed by atoms with Crippen LogP contribution in [0.3, 0.4) is 0 Å². The van der Waals surface area contributed by atoms with E-state index in [0.717, 1.165) is 17.0 Å². The van der Waals surface area contributed by atoms with Crippen molar-refractivity contribution in [3.63, 3.8) is 0 Å². The third-order valence-corrected chi connectivity index (χ3v) is 4.59. The van der Waals surface area contributed by atoms with Crippen LogP contribution in [-0.4, -0.2) is 13.3 Å². The number of nitrogens with one attached hydrogen (secondary N) is 2. The number of hydrogen-bond donors (Lipinski definition) is 2. The van der Waals surface area contributed by atoms with E-state index < -0.39 is 0 Å². The fourth-order valence-corrected chi connectivity index (χ4v) is 3.36. The molecule has 0 spiro atoms. The van der Waals surface area contributed by atoms with Crippen LogP contribution < -0.4 is 10.9 Å². The van der Waals surface area contributed by atoms with Gasteiger partial charge in [-0.05, 0) is 17.2 Å². The molecule has 1 aliphatic carbocycles. The van der Waals surface area contributed by atoms with Crippen LogP contribution in [0.5, 0.6) is 0 Å². The highest BCUT2D eigenvalue weighted by molar-refractivity contribution is 5.83. The second kappa shape index (κ2) is 6.32. The van der Waals surface area contributed by atoms with Crippen LogP contribution in [0, 0.1) is 0 Å². The molecular weight excluding hydrogens is 310 g/mol. The van der Waals surface area contributed by atoms with Crippen molar-refractivity contribution < 1.29 is 4.84 Å². The van der Waals surface area contributed by atoms with Crippen LogP contribution in [0.2, 0.25) is 0 Å². The van der Waals surface area contributed by atoms with Gasteiger partial charge in [0.1, 0.15) is 7.11 Å². The Bertz CT molecular complexity index is 840. The summed E-state index contributed by atoms with van der Waals surface area (Å²) in [5.41, 5.74) is 11.5. The molecule has 0 radical (unpaired) electrons. The molecule has 0 unspecified atom stereocenters. The fourth-order valence-electron chi connectivity index (χ4n) is 3.36. The molecule has 124 valence electrons. The van der Waals surface area contributed by atoms with Gasteiger partial charge in [-0.3, -0.25) is 5.43 Å². The van der Waals surface area contributed by atoms with Crippen LogP contribution in [-0.2, 0) is 10.3 Å². The van der Waals surface area contributed by atoms with Crippen LogP contribution in [0.25, 0.3) is 0 Å². The van der Waals surface area contributed by atoms with E-state index in [-0.39, 0.29) is 5.41 Å². The number of benzene rings is 2. The first-order chi connectivity index (χ1) is 12.3. The third-order valence-electron chi connectivity index (χ3n) is 4.59. The van der Waals surface area contributed by atoms with Gasteiger partial charge in [0.2, 0.25) is 0 Å². The lowest BCUT2D eigenvalue weighted by Crippen LogP contribution is -2.29. The minimum atomic E-state index is -0.316. The van der Waals surface area contributed by atoms with Gasteiger partial charge < -0.3 is 10.3 Å². The van der Waals surface area contributed by atoms with Gasteiger partial charge >= 0.3 is 0 Å². The van der Waals surface area contributed by atoms with Crippen molar-refractivity contribution in [3.05, 3.63) is 107 Å². The van der Waals surface area contributed by atoms with E-state index in [1.54, 1.807) is 6.21 Å². The van der Waals surface area contributed by atoms with Gasteiger partial charge in [0.25, 0.3) is 0 Å². The highest BCUT2D eigenvalue weighted by Gasteiger charge is 2.34. The lowest BCUT2D eigenvalue weighted by atomic mass is 9.71. The van der Waals surface area contributed by atoms with Crippen LogP contribution >= 0.6 is 0 Å². The Hall–Kier alpha value is -3.27. The molecule has 4 heteroatoms. The molecule has 4 rings (SSSR count). The number of allylic oxidation sites excluding steroid dienone is 4. The van der Waals surface area contributed by atoms with Crippen molar-refractivity contribution in [1.82, 2.24) is 10.9 Å². The molecule has 4 nitrogen and oxygen atoms in total. The summed E-state index contributed by atoms with van der Waals surface area (Å²) >= 11 is 0. The molecule has 0 saturated carbocycles. The van der Waals surface area contributed by atoms with Gasteiger partial charge in [0.05, 0.1) is 23.0 Å². The van der Waals surface area contributed by atoms with Gasteiger partial charge in [-0.2, -0.15) is 0 Å². The fraction of sp³-hybridized carbons (Fsp3) is 0.0952. The maximum atomic E-state index is 4.79. The van der Waals surface area contributed by atoms with E-state index in [0.29, 0.717) is 0 Å². The number of rotatable bonds is 4. The first-order valence-electron chi connectivity index (χ1n) is 8.20. The Labute approximate surface area is 147 Å². The van der Waals surface area contributed by atoms with Crippen LogP contribution in [0.1, 0.15) is 11.1 Å². The molecule has 0 saturated heterocycles. The van der Waals surface area contributed by atoms with Gasteiger partial charge in [-0.1, -0.05) is 78.0 Å². The molecule has 2 aromatic carbocycles. The Morgan fingerprint density at radius 1 is 0.920 bits per heavy atom. The normalized spacial score (nSPS) is 17.7. The summed E-state index contributed by atoms with van der Waals surface area (Å²) < 4.78 is 0. The molecule has 1 aliphatic heterocycles. The van der Waals surface area contributed by atoms with E-state index in [4.69, 9.17) is 4.84 Å². The number of fused-ring (bicyclic) bond motifs is 1. The lowest BCUT2D eigenvalue weighted by molar-refractivity contribution is 0.215. The second-order valence-corrected chi connectivity index (χ2v) is 5.99. The maximum absolute atomic E-state index is 4.79. The summed E-state index contributed by atoms with van der Waals surface area (Å²) in [6.07, 6.45) is 8.31. The molecule has 2 aromatic rings. The number of oxime groups is 1. The van der Waals surface area contributed by atoms with Gasteiger partial charge in [0.15, 0.2) is 0 Å². The van der Waals surface area contributed by atoms with Gasteiger partial charge in [0, 0.05) is 5.57 Å². The van der Waals surface area contributed by atoms with E-state index in [1.807, 2.05) is 12.1 Å². The zero-order valence-corrected chi connectivity index (χ0v) is 13.9. The smallest absolute Gasteiger partial charge is 0.106 e. The minimum Gasteiger partial charge on any atom is -0.399 e. The Balaban J connectivity index is 1.86. The van der Waals surface area contributed by atoms with E-state index in [2.05, 4.69) is 82.8 Å². The summed E-state index contributed by atoms with van der Waals surface area (Å²) in [6.45, 7) is 0. The SMILES string of the molecule is CON=CC1=C2C=CC(c3ccccc3)(c3ccccc3)C=C2NN1. The Kier molecular flexibility index (Phi) is 3.86. The van der Waals surface area contributed by atoms with Crippen molar-refractivity contribution in [1.29, 1.82) is 0 Å². The topological polar surface area (TPSA) is 45.6 Å². The van der Waals surface area contributed by atoms with Gasteiger partial charge in [-0.15, -0.1) is 0 Å². The van der Waals surface area contributed by atoms with E-state index in [9.17, 15) is 0 Å². The summed E-state index contributed by atoms with van der Waals surface area (Å²) in [4.78, 5) is 4.79. The summed E-state index contributed by atoms with van der Waals surface area (Å²) in [6, 6.07) is 21.1. The van der Waals surface area contributed by atoms with E-state index in [1.165, 1.54) is 18.2 Å². The van der Waals surface area contributed by atoms with Crippen molar-refractivity contribution in [2.75, 3.05) is 7.11 Å². The molecule has 2 N–H and O–H groups in total. The lowest BCUT2D eigenvalue weighted by Gasteiger charge is -2.32. The van der Waals surface area contributed by atoms with Crippen LogP contribution in [0.15, 0.2) is 101 Å². The third kappa shape index (κ3) is 2.62. The maximum Gasteiger partial charge on any atom is 0.106 e. The minimum absolute atomic E-state index is 0.316. The zero-order chi connectivity index (χ0) is 17.1. The largest absolute Gasteiger partial charge is 0.399 e. The van der Waals surface area contributed by atoms with Crippen molar-refractivity contribution >= 4 is 6.21 Å². The first kappa shape index (κ1) is 15.3. The van der Waals surface area contributed by atoms with Crippen LogP contribution in [0.4, 0.5) is 0 Å². The van der Waals surface area contributed by atoms with Crippen molar-refractivity contribution in [2.24, 2.45) is 5.16 Å². The average Bonchev–Trinajstić information content (AvgIpc) is 3.09. The van der Waals surface area contributed by atoms with E-state index >= 15 is 0 Å². The molecule has 2 aliphatic rings. The highest BCUT2D eigenvalue weighted by atomic mass is 16.6. The Morgan fingerprint density at radius 2 is 1.56 bits per heavy atom. The molecule has 0 amide bonds. The predicted octanol–water partition coefficient (Wildman–Crippen LogP) is 3.42. The van der Waals surface area contributed by atoms with Crippen molar-refractivity contribution in [3.8, 4) is 0 Å². The monoisotopic (exact) mass is 329 g/mol. The molecule has 0 bridgehead atoms. The summed E-state index contributed by atoms with van der Waals surface area (Å²) in [5.74, 6) is 0. The molecular formula is C21H19N3O. The molecule has 1 heterocycles. The molecule has 0 atom stereocenters.